The first-order chi connectivity index (χ1) is 9.02. The number of nitrogens with zero attached hydrogens (tertiary/aromatic N) is 3. The van der Waals surface area contributed by atoms with E-state index >= 15 is 0 Å². The van der Waals surface area contributed by atoms with Gasteiger partial charge in [0.25, 0.3) is 5.56 Å². The summed E-state index contributed by atoms with van der Waals surface area (Å²) in [6.45, 7) is 0.873. The van der Waals surface area contributed by atoms with E-state index in [4.69, 9.17) is 0 Å². The van der Waals surface area contributed by atoms with Crippen molar-refractivity contribution in [2.75, 3.05) is 33.0 Å². The molecule has 1 N–H and O–H groups in total. The van der Waals surface area contributed by atoms with Crippen LogP contribution in [-0.4, -0.2) is 42.1 Å². The van der Waals surface area contributed by atoms with E-state index in [1.165, 1.54) is 0 Å². The third-order valence-corrected chi connectivity index (χ3v) is 3.24. The van der Waals surface area contributed by atoms with Crippen molar-refractivity contribution in [2.45, 2.75) is 6.42 Å². The molecule has 0 bridgehead atoms. The van der Waals surface area contributed by atoms with Gasteiger partial charge in [0.05, 0.1) is 10.9 Å². The lowest BCUT2D eigenvalue weighted by molar-refractivity contribution is 0.406. The third kappa shape index (κ3) is 2.76. The molecule has 0 aliphatic carbocycles. The molecule has 0 radical (unpaired) electrons. The average molecular weight is 260 g/mol. The number of nitrogens with one attached hydrogen (secondary N) is 1. The summed E-state index contributed by atoms with van der Waals surface area (Å²) in [5, 5.41) is 3.73. The average Bonchev–Trinajstić information content (AvgIpc) is 2.40. The highest BCUT2D eigenvalue weighted by atomic mass is 16.1. The van der Waals surface area contributed by atoms with E-state index in [9.17, 15) is 4.79 Å². The molecule has 1 aromatic heterocycles. The summed E-state index contributed by atoms with van der Waals surface area (Å²) in [4.78, 5) is 19.0. The van der Waals surface area contributed by atoms with Gasteiger partial charge in [-0.2, -0.15) is 0 Å². The van der Waals surface area contributed by atoms with Gasteiger partial charge in [-0.3, -0.25) is 9.36 Å². The Bertz CT molecular complexity index is 646. The van der Waals surface area contributed by atoms with Gasteiger partial charge >= 0.3 is 0 Å². The highest BCUT2D eigenvalue weighted by molar-refractivity contribution is 5.81. The van der Waals surface area contributed by atoms with Gasteiger partial charge in [0.15, 0.2) is 0 Å². The quantitative estimate of drug-likeness (QED) is 0.893. The zero-order chi connectivity index (χ0) is 14.0. The first-order valence-corrected chi connectivity index (χ1v) is 6.35. The van der Waals surface area contributed by atoms with Gasteiger partial charge in [0.1, 0.15) is 5.82 Å². The van der Waals surface area contributed by atoms with Gasteiger partial charge < -0.3 is 10.2 Å². The van der Waals surface area contributed by atoms with Crippen LogP contribution in [0.5, 0.6) is 0 Å². The Morgan fingerprint density at radius 2 is 2.11 bits per heavy atom. The van der Waals surface area contributed by atoms with Crippen LogP contribution in [0.15, 0.2) is 23.0 Å². The summed E-state index contributed by atoms with van der Waals surface area (Å²) < 4.78 is 1.64. The van der Waals surface area contributed by atoms with Crippen molar-refractivity contribution in [1.29, 1.82) is 0 Å². The Kier molecular flexibility index (Phi) is 3.85. The zero-order valence-corrected chi connectivity index (χ0v) is 11.9. The molecular weight excluding hydrogens is 240 g/mol. The minimum Gasteiger partial charge on any atom is -0.388 e. The maximum absolute atomic E-state index is 12.3. The van der Waals surface area contributed by atoms with E-state index in [2.05, 4.69) is 15.2 Å². The van der Waals surface area contributed by atoms with Gasteiger partial charge in [-0.15, -0.1) is 0 Å². The molecule has 102 valence electrons. The van der Waals surface area contributed by atoms with Crippen molar-refractivity contribution in [3.63, 3.8) is 0 Å². The Balaban J connectivity index is 2.53. The van der Waals surface area contributed by atoms with Crippen LogP contribution in [-0.2, 0) is 13.5 Å². The van der Waals surface area contributed by atoms with Gasteiger partial charge in [0, 0.05) is 32.7 Å². The topological polar surface area (TPSA) is 50.2 Å². The highest BCUT2D eigenvalue weighted by Crippen LogP contribution is 2.14. The summed E-state index contributed by atoms with van der Waals surface area (Å²) in [5.41, 5.74) is 1.73. The molecule has 0 spiro atoms. The molecule has 2 aromatic rings. The van der Waals surface area contributed by atoms with Crippen molar-refractivity contribution in [2.24, 2.45) is 7.05 Å². The smallest absolute Gasteiger partial charge is 0.261 e. The molecule has 0 amide bonds. The molecule has 0 aliphatic heterocycles. The standard InChI is InChI=1S/C14H20N4O/c1-15-10-5-6-11-12(9-10)16-13(7-8-17(2)3)18(4)14(11)19/h5-6,9,15H,7-8H2,1-4H3. The second-order valence-corrected chi connectivity index (χ2v) is 4.93. The van der Waals surface area contributed by atoms with E-state index in [0.717, 1.165) is 30.0 Å². The van der Waals surface area contributed by atoms with E-state index in [1.807, 2.05) is 39.3 Å². The number of anilines is 1. The predicted octanol–water partition coefficient (Wildman–Crippen LogP) is 1.08. The van der Waals surface area contributed by atoms with Crippen LogP contribution >= 0.6 is 0 Å². The molecule has 19 heavy (non-hydrogen) atoms. The lowest BCUT2D eigenvalue weighted by Gasteiger charge is -2.13. The monoisotopic (exact) mass is 260 g/mol. The lowest BCUT2D eigenvalue weighted by Crippen LogP contribution is -2.25. The fourth-order valence-corrected chi connectivity index (χ4v) is 2.02. The minimum atomic E-state index is 0.0152. The molecule has 0 unspecified atom stereocenters. The van der Waals surface area contributed by atoms with Crippen LogP contribution in [0.1, 0.15) is 5.82 Å². The summed E-state index contributed by atoms with van der Waals surface area (Å²) in [6.07, 6.45) is 0.762. The van der Waals surface area contributed by atoms with Crippen LogP contribution < -0.4 is 10.9 Å². The molecule has 5 heteroatoms. The number of likely N-dealkylation sites (N-methyl/N-ethyl adjacent to an activating group) is 1. The summed E-state index contributed by atoms with van der Waals surface area (Å²) in [7, 11) is 7.66. The van der Waals surface area contributed by atoms with Crippen LogP contribution in [0, 0.1) is 0 Å². The van der Waals surface area contributed by atoms with Crippen LogP contribution in [0.3, 0.4) is 0 Å². The fourth-order valence-electron chi connectivity index (χ4n) is 2.02. The van der Waals surface area contributed by atoms with E-state index < -0.39 is 0 Å². The van der Waals surface area contributed by atoms with E-state index in [0.29, 0.717) is 5.39 Å². The molecule has 0 saturated heterocycles. The van der Waals surface area contributed by atoms with Crippen LogP contribution in [0.4, 0.5) is 5.69 Å². The van der Waals surface area contributed by atoms with Crippen molar-refractivity contribution in [3.8, 4) is 0 Å². The van der Waals surface area contributed by atoms with E-state index in [1.54, 1.807) is 11.6 Å². The molecule has 0 atom stereocenters. The Labute approximate surface area is 112 Å². The van der Waals surface area contributed by atoms with Crippen molar-refractivity contribution in [1.82, 2.24) is 14.5 Å². The Morgan fingerprint density at radius 3 is 2.74 bits per heavy atom. The number of fused-ring (bicyclic) bond motifs is 1. The molecule has 1 aromatic carbocycles. The molecule has 0 fully saturated rings. The number of hydrogen-bond acceptors (Lipinski definition) is 4. The molecule has 0 saturated carbocycles. The van der Waals surface area contributed by atoms with Crippen molar-refractivity contribution in [3.05, 3.63) is 34.4 Å². The second kappa shape index (κ2) is 5.40. The SMILES string of the molecule is CNc1ccc2c(=O)n(C)c(CCN(C)C)nc2c1. The summed E-state index contributed by atoms with van der Waals surface area (Å²) >= 11 is 0. The van der Waals surface area contributed by atoms with Gasteiger partial charge in [-0.25, -0.2) is 4.98 Å². The molecular formula is C14H20N4O. The maximum Gasteiger partial charge on any atom is 0.261 e. The van der Waals surface area contributed by atoms with Crippen LogP contribution in [0.2, 0.25) is 0 Å². The largest absolute Gasteiger partial charge is 0.388 e. The second-order valence-electron chi connectivity index (χ2n) is 4.93. The van der Waals surface area contributed by atoms with E-state index in [-0.39, 0.29) is 5.56 Å². The summed E-state index contributed by atoms with van der Waals surface area (Å²) in [5.74, 6) is 0.819. The fraction of sp³-hybridized carbons (Fsp3) is 0.429. The molecule has 0 aliphatic rings. The lowest BCUT2D eigenvalue weighted by atomic mass is 10.2. The number of hydrogen-bond donors (Lipinski definition) is 1. The Morgan fingerprint density at radius 1 is 1.37 bits per heavy atom. The van der Waals surface area contributed by atoms with Gasteiger partial charge in [-0.1, -0.05) is 0 Å². The maximum atomic E-state index is 12.3. The first-order valence-electron chi connectivity index (χ1n) is 6.35. The predicted molar refractivity (Wildman–Crippen MR) is 78.8 cm³/mol. The van der Waals surface area contributed by atoms with Gasteiger partial charge in [-0.05, 0) is 32.3 Å². The Hall–Kier alpha value is -1.88. The summed E-state index contributed by atoms with van der Waals surface area (Å²) in [6, 6.07) is 5.63. The normalized spacial score (nSPS) is 11.2. The number of rotatable bonds is 4. The number of aromatic nitrogens is 2. The third-order valence-electron chi connectivity index (χ3n) is 3.24. The molecule has 5 nitrogen and oxygen atoms in total. The molecule has 2 rings (SSSR count). The minimum absolute atomic E-state index is 0.0152. The van der Waals surface area contributed by atoms with Crippen LogP contribution in [0.25, 0.3) is 10.9 Å². The van der Waals surface area contributed by atoms with Gasteiger partial charge in [0.2, 0.25) is 0 Å². The zero-order valence-electron chi connectivity index (χ0n) is 11.9. The number of benzene rings is 1. The first kappa shape index (κ1) is 13.5. The van der Waals surface area contributed by atoms with Crippen molar-refractivity contribution >= 4 is 16.6 Å². The van der Waals surface area contributed by atoms with Crippen molar-refractivity contribution < 1.29 is 0 Å². The molecule has 1 heterocycles. The highest BCUT2D eigenvalue weighted by Gasteiger charge is 2.08.